The summed E-state index contributed by atoms with van der Waals surface area (Å²) in [6.07, 6.45) is 1.12. The lowest BCUT2D eigenvalue weighted by Gasteiger charge is -1.99. The van der Waals surface area contributed by atoms with Gasteiger partial charge < -0.3 is 0 Å². The highest BCUT2D eigenvalue weighted by Crippen LogP contribution is 1.96. The Morgan fingerprint density at radius 2 is 2.14 bits per heavy atom. The molecule has 0 N–H and O–H groups in total. The second kappa shape index (κ2) is 2.98. The molecule has 0 aromatic rings. The van der Waals surface area contributed by atoms with Crippen LogP contribution in [0.25, 0.3) is 0 Å². The van der Waals surface area contributed by atoms with Crippen LogP contribution in [-0.4, -0.2) is 9.62 Å². The molecular weight excluding hydrogens is 130 g/mol. The zero-order chi connectivity index (χ0) is 5.86. The highest BCUT2D eigenvalue weighted by atomic mass is 32.2. The minimum absolute atomic E-state index is 0.327. The van der Waals surface area contributed by atoms with Crippen LogP contribution in [0, 0.1) is 0 Å². The van der Waals surface area contributed by atoms with Crippen molar-refractivity contribution in [3.63, 3.8) is 0 Å². The van der Waals surface area contributed by atoms with Crippen molar-refractivity contribution in [3.05, 3.63) is 12.7 Å². The van der Waals surface area contributed by atoms with Crippen LogP contribution in [0.3, 0.4) is 0 Å². The lowest BCUT2D eigenvalue weighted by atomic mass is 10.6. The van der Waals surface area contributed by atoms with Crippen LogP contribution in [0.2, 0.25) is 0 Å². The summed E-state index contributed by atoms with van der Waals surface area (Å²) in [4.78, 5) is 10.2. The smallest absolute Gasteiger partial charge is 0.265 e. The number of carbonyl (C=O) groups excluding carboxylic acids is 1. The molecule has 0 aromatic heterocycles. The van der Waals surface area contributed by atoms with Crippen molar-refractivity contribution in [1.29, 1.82) is 0 Å². The van der Waals surface area contributed by atoms with Crippen molar-refractivity contribution in [3.8, 4) is 0 Å². The van der Waals surface area contributed by atoms with E-state index >= 15 is 0 Å². The Morgan fingerprint density at radius 1 is 1.71 bits per heavy atom. The first-order valence-electron chi connectivity index (χ1n) is 1.52. The number of rotatable bonds is 1. The zero-order valence-electron chi connectivity index (χ0n) is 3.53. The molecule has 0 saturated carbocycles. The third-order valence-corrected chi connectivity index (χ3v) is 0.766. The average molecular weight is 135 g/mol. The minimum atomic E-state index is -0.327. The Hall–Kier alpha value is -0.0900. The molecular formula is C3H5NOS2. The third kappa shape index (κ3) is 2.59. The maximum atomic E-state index is 10.2. The Morgan fingerprint density at radius 3 is 2.14 bits per heavy atom. The summed E-state index contributed by atoms with van der Waals surface area (Å²) < 4.78 is 0.854. The molecule has 0 aliphatic heterocycles. The van der Waals surface area contributed by atoms with Crippen molar-refractivity contribution in [2.45, 2.75) is 0 Å². The molecule has 0 unspecified atom stereocenters. The zero-order valence-corrected chi connectivity index (χ0v) is 5.32. The highest BCUT2D eigenvalue weighted by molar-refractivity contribution is 7.94. The second-order valence-corrected chi connectivity index (χ2v) is 1.95. The van der Waals surface area contributed by atoms with Crippen LogP contribution in [0.5, 0.6) is 0 Å². The number of thiol groups is 2. The van der Waals surface area contributed by atoms with Crippen molar-refractivity contribution in [1.82, 2.24) is 3.71 Å². The Balaban J connectivity index is 3.56. The number of carbonyl (C=O) groups is 1. The molecule has 0 aliphatic rings. The van der Waals surface area contributed by atoms with E-state index in [4.69, 9.17) is 0 Å². The van der Waals surface area contributed by atoms with Crippen molar-refractivity contribution in [2.75, 3.05) is 0 Å². The van der Waals surface area contributed by atoms with Gasteiger partial charge in [0.15, 0.2) is 0 Å². The molecule has 0 radical (unpaired) electrons. The maximum Gasteiger partial charge on any atom is 0.265 e. The first kappa shape index (κ1) is 6.91. The quantitative estimate of drug-likeness (QED) is 0.400. The Kier molecular flexibility index (Phi) is 2.95. The fourth-order valence-electron chi connectivity index (χ4n) is 0.0816. The topological polar surface area (TPSA) is 20.3 Å². The first-order valence-corrected chi connectivity index (χ1v) is 2.32. The highest BCUT2D eigenvalue weighted by Gasteiger charge is 1.94. The fourth-order valence-corrected chi connectivity index (χ4v) is 0.245. The van der Waals surface area contributed by atoms with Crippen LogP contribution in [-0.2, 0) is 4.79 Å². The molecule has 0 heterocycles. The first-order chi connectivity index (χ1) is 3.18. The summed E-state index contributed by atoms with van der Waals surface area (Å²) in [5.74, 6) is -0.327. The Bertz CT molecular complexity index is 90.9. The second-order valence-electron chi connectivity index (χ2n) is 0.832. The predicted octanol–water partition coefficient (Wildman–Crippen LogP) is 0.691. The molecule has 0 rings (SSSR count). The van der Waals surface area contributed by atoms with Gasteiger partial charge in [-0.3, -0.25) is 4.79 Å². The average Bonchev–Trinajstić information content (AvgIpc) is 1.65. The van der Waals surface area contributed by atoms with Gasteiger partial charge in [-0.15, -0.1) is 0 Å². The predicted molar refractivity (Wildman–Crippen MR) is 35.0 cm³/mol. The summed E-state index contributed by atoms with van der Waals surface area (Å²) >= 11 is 7.10. The molecule has 0 aliphatic carbocycles. The molecule has 0 spiro atoms. The van der Waals surface area contributed by atoms with Gasteiger partial charge in [0.1, 0.15) is 0 Å². The van der Waals surface area contributed by atoms with E-state index in [0.717, 1.165) is 9.79 Å². The van der Waals surface area contributed by atoms with Crippen LogP contribution < -0.4 is 0 Å². The molecule has 0 fully saturated rings. The standard InChI is InChI=1S/C3H5NOS2/c1-2-3(5)4(6)7/h2,6-7H,1H2. The molecule has 2 nitrogen and oxygen atoms in total. The summed E-state index contributed by atoms with van der Waals surface area (Å²) in [7, 11) is 0. The fraction of sp³-hybridized carbons (Fsp3) is 0. The van der Waals surface area contributed by atoms with Gasteiger partial charge in [0, 0.05) is 0 Å². The molecule has 0 aromatic carbocycles. The van der Waals surface area contributed by atoms with Gasteiger partial charge in [-0.05, 0) is 6.08 Å². The Labute approximate surface area is 53.3 Å². The summed E-state index contributed by atoms with van der Waals surface area (Å²) in [6, 6.07) is 0. The molecule has 7 heavy (non-hydrogen) atoms. The van der Waals surface area contributed by atoms with Gasteiger partial charge in [0.05, 0.1) is 0 Å². The van der Waals surface area contributed by atoms with Crippen LogP contribution in [0.15, 0.2) is 12.7 Å². The van der Waals surface area contributed by atoms with Crippen molar-refractivity contribution >= 4 is 31.5 Å². The summed E-state index contributed by atoms with van der Waals surface area (Å²) in [5, 5.41) is 0. The van der Waals surface area contributed by atoms with E-state index in [1.807, 2.05) is 0 Å². The van der Waals surface area contributed by atoms with Crippen LogP contribution in [0.4, 0.5) is 0 Å². The van der Waals surface area contributed by atoms with Gasteiger partial charge in [0.25, 0.3) is 5.91 Å². The van der Waals surface area contributed by atoms with E-state index in [1.165, 1.54) is 0 Å². The van der Waals surface area contributed by atoms with Gasteiger partial charge in [-0.25, -0.2) is 3.71 Å². The van der Waals surface area contributed by atoms with Gasteiger partial charge in [-0.1, -0.05) is 32.2 Å². The van der Waals surface area contributed by atoms with E-state index in [9.17, 15) is 4.79 Å². The largest absolute Gasteiger partial charge is 0.268 e. The summed E-state index contributed by atoms with van der Waals surface area (Å²) in [6.45, 7) is 3.19. The van der Waals surface area contributed by atoms with Gasteiger partial charge >= 0.3 is 0 Å². The van der Waals surface area contributed by atoms with E-state index in [1.54, 1.807) is 0 Å². The van der Waals surface area contributed by atoms with E-state index < -0.39 is 0 Å². The molecule has 0 bridgehead atoms. The lowest BCUT2D eigenvalue weighted by molar-refractivity contribution is -0.117. The van der Waals surface area contributed by atoms with Crippen molar-refractivity contribution < 1.29 is 4.79 Å². The molecule has 0 atom stereocenters. The van der Waals surface area contributed by atoms with E-state index in [0.29, 0.717) is 0 Å². The van der Waals surface area contributed by atoms with Gasteiger partial charge in [-0.2, -0.15) is 0 Å². The minimum Gasteiger partial charge on any atom is -0.268 e. The number of nitrogens with zero attached hydrogens (tertiary/aromatic N) is 1. The third-order valence-electron chi connectivity index (χ3n) is 0.372. The summed E-state index contributed by atoms with van der Waals surface area (Å²) in [5.41, 5.74) is 0. The van der Waals surface area contributed by atoms with E-state index in [-0.39, 0.29) is 5.91 Å². The SMILES string of the molecule is C=CC(=O)N(S)S. The van der Waals surface area contributed by atoms with Crippen LogP contribution >= 0.6 is 25.6 Å². The monoisotopic (exact) mass is 135 g/mol. The number of amides is 1. The molecule has 1 amide bonds. The lowest BCUT2D eigenvalue weighted by Crippen LogP contribution is -2.05. The number of hydrogen-bond donors (Lipinski definition) is 2. The maximum absolute atomic E-state index is 10.2. The van der Waals surface area contributed by atoms with Gasteiger partial charge in [0.2, 0.25) is 0 Å². The molecule has 4 heteroatoms. The van der Waals surface area contributed by atoms with Crippen LogP contribution in [0.1, 0.15) is 0 Å². The molecule has 40 valence electrons. The number of hydrogen-bond acceptors (Lipinski definition) is 3. The van der Waals surface area contributed by atoms with Crippen molar-refractivity contribution in [2.24, 2.45) is 0 Å². The molecule has 0 saturated heterocycles. The normalized spacial score (nSPS) is 7.71. The van der Waals surface area contributed by atoms with E-state index in [2.05, 4.69) is 32.2 Å².